The van der Waals surface area contributed by atoms with E-state index in [4.69, 9.17) is 5.73 Å². The summed E-state index contributed by atoms with van der Waals surface area (Å²) in [5.41, 5.74) is 5.65. The van der Waals surface area contributed by atoms with Gasteiger partial charge in [0.1, 0.15) is 5.82 Å². The number of hydrogen-bond donors (Lipinski definition) is 3. The number of carbonyl (C=O) groups excluding carboxylic acids is 1. The molecule has 1 aliphatic rings. The Kier molecular flexibility index (Phi) is 3.19. The average Bonchev–Trinajstić information content (AvgIpc) is 2.86. The first-order chi connectivity index (χ1) is 7.70. The normalized spacial score (nSPS) is 24.6. The van der Waals surface area contributed by atoms with E-state index in [2.05, 4.69) is 20.5 Å². The van der Waals surface area contributed by atoms with Crippen molar-refractivity contribution in [3.8, 4) is 0 Å². The molecule has 1 amide bonds. The zero-order chi connectivity index (χ0) is 11.5. The maximum atomic E-state index is 11.8. The Morgan fingerprint density at radius 2 is 2.44 bits per heavy atom. The summed E-state index contributed by atoms with van der Waals surface area (Å²) in [4.78, 5) is 15.8. The van der Waals surface area contributed by atoms with Gasteiger partial charge in [-0.1, -0.05) is 6.42 Å². The van der Waals surface area contributed by atoms with Crippen LogP contribution in [0.3, 0.4) is 0 Å². The zero-order valence-corrected chi connectivity index (χ0v) is 9.36. The summed E-state index contributed by atoms with van der Waals surface area (Å²) in [6.45, 7) is 2.39. The second-order valence-electron chi connectivity index (χ2n) is 4.25. The molecule has 1 aromatic heterocycles. The van der Waals surface area contributed by atoms with Crippen molar-refractivity contribution in [1.82, 2.24) is 20.5 Å². The van der Waals surface area contributed by atoms with E-state index in [0.717, 1.165) is 19.3 Å². The number of aryl methyl sites for hydroxylation is 1. The van der Waals surface area contributed by atoms with Gasteiger partial charge in [0.05, 0.1) is 0 Å². The molecule has 0 spiro atoms. The number of amides is 1. The molecule has 0 aromatic carbocycles. The fourth-order valence-corrected chi connectivity index (χ4v) is 2.19. The van der Waals surface area contributed by atoms with Crippen molar-refractivity contribution in [3.05, 3.63) is 11.6 Å². The number of H-pyrrole nitrogens is 1. The number of hydrogen-bond acceptors (Lipinski definition) is 4. The molecule has 6 heteroatoms. The third-order valence-corrected chi connectivity index (χ3v) is 3.08. The van der Waals surface area contributed by atoms with Gasteiger partial charge in [0, 0.05) is 6.04 Å². The minimum atomic E-state index is -0.213. The van der Waals surface area contributed by atoms with Crippen molar-refractivity contribution < 1.29 is 4.79 Å². The fraction of sp³-hybridized carbons (Fsp3) is 0.700. The lowest BCUT2D eigenvalue weighted by Crippen LogP contribution is -2.40. The maximum absolute atomic E-state index is 11.8. The first-order valence-electron chi connectivity index (χ1n) is 5.60. The lowest BCUT2D eigenvalue weighted by Gasteiger charge is -2.18. The molecule has 1 aromatic rings. The Bertz CT molecular complexity index is 375. The van der Waals surface area contributed by atoms with Crippen LogP contribution >= 0.6 is 0 Å². The molecule has 6 nitrogen and oxygen atoms in total. The highest BCUT2D eigenvalue weighted by molar-refractivity contribution is 5.90. The van der Waals surface area contributed by atoms with E-state index in [0.29, 0.717) is 18.3 Å². The van der Waals surface area contributed by atoms with E-state index < -0.39 is 0 Å². The first-order valence-corrected chi connectivity index (χ1v) is 5.60. The molecule has 1 fully saturated rings. The van der Waals surface area contributed by atoms with Crippen LogP contribution < -0.4 is 11.1 Å². The van der Waals surface area contributed by atoms with E-state index >= 15 is 0 Å². The molecule has 1 aliphatic carbocycles. The maximum Gasteiger partial charge on any atom is 0.291 e. The molecule has 16 heavy (non-hydrogen) atoms. The Morgan fingerprint density at radius 3 is 3.06 bits per heavy atom. The Morgan fingerprint density at radius 1 is 1.62 bits per heavy atom. The molecule has 1 saturated carbocycles. The van der Waals surface area contributed by atoms with Crippen LogP contribution in [0.2, 0.25) is 0 Å². The quantitative estimate of drug-likeness (QED) is 0.670. The highest BCUT2D eigenvalue weighted by Gasteiger charge is 2.28. The third-order valence-electron chi connectivity index (χ3n) is 3.08. The summed E-state index contributed by atoms with van der Waals surface area (Å²) < 4.78 is 0. The largest absolute Gasteiger partial charge is 0.346 e. The number of rotatable bonds is 3. The van der Waals surface area contributed by atoms with Crippen molar-refractivity contribution in [1.29, 1.82) is 0 Å². The lowest BCUT2D eigenvalue weighted by atomic mass is 10.0. The van der Waals surface area contributed by atoms with Gasteiger partial charge in [-0.15, -0.1) is 5.10 Å². The van der Waals surface area contributed by atoms with Gasteiger partial charge < -0.3 is 11.1 Å². The van der Waals surface area contributed by atoms with E-state index in [1.807, 2.05) is 0 Å². The van der Waals surface area contributed by atoms with Crippen LogP contribution in [0.5, 0.6) is 0 Å². The van der Waals surface area contributed by atoms with Crippen LogP contribution in [0.25, 0.3) is 0 Å². The van der Waals surface area contributed by atoms with Gasteiger partial charge in [-0.2, -0.15) is 0 Å². The molecule has 0 aliphatic heterocycles. The first kappa shape index (κ1) is 11.1. The van der Waals surface area contributed by atoms with E-state index in [9.17, 15) is 4.79 Å². The molecule has 1 heterocycles. The number of carbonyl (C=O) groups is 1. The zero-order valence-electron chi connectivity index (χ0n) is 9.36. The summed E-state index contributed by atoms with van der Waals surface area (Å²) in [7, 11) is 0. The van der Waals surface area contributed by atoms with E-state index in [-0.39, 0.29) is 17.8 Å². The minimum Gasteiger partial charge on any atom is -0.346 e. The predicted octanol–water partition coefficient (Wildman–Crippen LogP) is -0.0297. The standard InChI is InChI=1S/C10H17N5O/c1-6-12-9(15-14-6)10(16)13-8-4-2-3-7(8)5-11/h7-8H,2-5,11H2,1H3,(H,13,16)(H,12,14,15). The van der Waals surface area contributed by atoms with Crippen molar-refractivity contribution >= 4 is 5.91 Å². The van der Waals surface area contributed by atoms with Crippen LogP contribution in [-0.2, 0) is 0 Å². The summed E-state index contributed by atoms with van der Waals surface area (Å²) >= 11 is 0. The summed E-state index contributed by atoms with van der Waals surface area (Å²) in [6, 6.07) is 0.177. The van der Waals surface area contributed by atoms with Crippen LogP contribution in [-0.4, -0.2) is 33.7 Å². The summed E-state index contributed by atoms with van der Waals surface area (Å²) in [6.07, 6.45) is 3.21. The van der Waals surface area contributed by atoms with Crippen molar-refractivity contribution in [2.75, 3.05) is 6.54 Å². The van der Waals surface area contributed by atoms with E-state index in [1.165, 1.54) is 0 Å². The average molecular weight is 223 g/mol. The van der Waals surface area contributed by atoms with Gasteiger partial charge in [0.2, 0.25) is 5.82 Å². The molecule has 2 rings (SSSR count). The molecular formula is C10H17N5O. The molecule has 0 radical (unpaired) electrons. The number of aromatic amines is 1. The third kappa shape index (κ3) is 2.21. The summed E-state index contributed by atoms with van der Waals surface area (Å²) in [5.74, 6) is 1.03. The lowest BCUT2D eigenvalue weighted by molar-refractivity contribution is 0.0918. The van der Waals surface area contributed by atoms with E-state index in [1.54, 1.807) is 6.92 Å². The molecule has 4 N–H and O–H groups in total. The molecule has 0 bridgehead atoms. The Hall–Kier alpha value is -1.43. The van der Waals surface area contributed by atoms with Gasteiger partial charge >= 0.3 is 0 Å². The SMILES string of the molecule is Cc1nc(C(=O)NC2CCCC2CN)n[nH]1. The van der Waals surface area contributed by atoms with Crippen LogP contribution in [0, 0.1) is 12.8 Å². The minimum absolute atomic E-state index is 0.177. The molecular weight excluding hydrogens is 206 g/mol. The van der Waals surface area contributed by atoms with Gasteiger partial charge in [-0.3, -0.25) is 9.89 Å². The molecule has 0 saturated heterocycles. The Balaban J connectivity index is 1.97. The second kappa shape index (κ2) is 4.61. The number of nitrogens with one attached hydrogen (secondary N) is 2. The predicted molar refractivity (Wildman–Crippen MR) is 58.8 cm³/mol. The second-order valence-corrected chi connectivity index (χ2v) is 4.25. The molecule has 2 atom stereocenters. The number of nitrogens with two attached hydrogens (primary N) is 1. The van der Waals surface area contributed by atoms with Crippen molar-refractivity contribution in [2.45, 2.75) is 32.2 Å². The number of aromatic nitrogens is 3. The topological polar surface area (TPSA) is 96.7 Å². The van der Waals surface area contributed by atoms with Crippen LogP contribution in [0.1, 0.15) is 35.7 Å². The van der Waals surface area contributed by atoms with Gasteiger partial charge in [0.25, 0.3) is 5.91 Å². The highest BCUT2D eigenvalue weighted by Crippen LogP contribution is 2.24. The molecule has 88 valence electrons. The monoisotopic (exact) mass is 223 g/mol. The van der Waals surface area contributed by atoms with Gasteiger partial charge in [-0.25, -0.2) is 4.98 Å². The van der Waals surface area contributed by atoms with Crippen molar-refractivity contribution in [2.24, 2.45) is 11.7 Å². The number of nitrogens with zero attached hydrogens (tertiary/aromatic N) is 2. The van der Waals surface area contributed by atoms with Crippen LogP contribution in [0.15, 0.2) is 0 Å². The Labute approximate surface area is 94.0 Å². The van der Waals surface area contributed by atoms with Gasteiger partial charge in [-0.05, 0) is 32.2 Å². The fourth-order valence-electron chi connectivity index (χ4n) is 2.19. The van der Waals surface area contributed by atoms with Crippen LogP contribution in [0.4, 0.5) is 0 Å². The summed E-state index contributed by atoms with van der Waals surface area (Å²) in [5, 5.41) is 9.43. The smallest absolute Gasteiger partial charge is 0.291 e. The van der Waals surface area contributed by atoms with Crippen molar-refractivity contribution in [3.63, 3.8) is 0 Å². The van der Waals surface area contributed by atoms with Gasteiger partial charge in [0.15, 0.2) is 0 Å². The molecule has 2 unspecified atom stereocenters. The highest BCUT2D eigenvalue weighted by atomic mass is 16.2.